The van der Waals surface area contributed by atoms with Crippen LogP contribution in [-0.2, 0) is 4.74 Å². The fourth-order valence-corrected chi connectivity index (χ4v) is 1.55. The monoisotopic (exact) mass is 280 g/mol. The number of carbonyl (C=O) groups is 1. The van der Waals surface area contributed by atoms with E-state index in [9.17, 15) is 18.4 Å². The molecule has 104 valence electrons. The number of nitrogens with zero attached hydrogens (tertiary/aromatic N) is 2. The molecule has 0 radical (unpaired) electrons. The summed E-state index contributed by atoms with van der Waals surface area (Å²) < 4.78 is 32.4. The summed E-state index contributed by atoms with van der Waals surface area (Å²) in [7, 11) is 0. The number of halogens is 2. The topological polar surface area (TPSA) is 61.2 Å². The van der Waals surface area contributed by atoms with Gasteiger partial charge in [-0.25, -0.2) is 18.3 Å². The molecule has 0 aliphatic rings. The predicted octanol–water partition coefficient (Wildman–Crippen LogP) is 1.69. The van der Waals surface area contributed by atoms with Crippen molar-refractivity contribution in [3.8, 4) is 5.69 Å². The van der Waals surface area contributed by atoms with Gasteiger partial charge in [0.05, 0.1) is 6.61 Å². The second-order valence-corrected chi connectivity index (χ2v) is 3.77. The molecular weight excluding hydrogens is 270 g/mol. The second kappa shape index (κ2) is 5.60. The third kappa shape index (κ3) is 2.56. The SMILES string of the molecule is CCOC(=O)c1nn(-c2cccc(F)c2F)ccc1=O. The van der Waals surface area contributed by atoms with Gasteiger partial charge in [0, 0.05) is 12.3 Å². The van der Waals surface area contributed by atoms with Crippen LogP contribution in [0.25, 0.3) is 5.69 Å². The average molecular weight is 280 g/mol. The quantitative estimate of drug-likeness (QED) is 0.803. The Balaban J connectivity index is 2.54. The van der Waals surface area contributed by atoms with Crippen molar-refractivity contribution in [1.29, 1.82) is 0 Å². The first-order chi connectivity index (χ1) is 9.54. The number of hydrogen-bond donors (Lipinski definition) is 0. The van der Waals surface area contributed by atoms with E-state index in [0.717, 1.165) is 23.0 Å². The van der Waals surface area contributed by atoms with Gasteiger partial charge in [0.15, 0.2) is 11.6 Å². The highest BCUT2D eigenvalue weighted by molar-refractivity contribution is 5.86. The summed E-state index contributed by atoms with van der Waals surface area (Å²) >= 11 is 0. The Morgan fingerprint density at radius 3 is 2.80 bits per heavy atom. The van der Waals surface area contributed by atoms with Crippen molar-refractivity contribution in [3.05, 3.63) is 58.0 Å². The first-order valence-electron chi connectivity index (χ1n) is 5.76. The van der Waals surface area contributed by atoms with Crippen molar-refractivity contribution in [2.75, 3.05) is 6.61 Å². The van der Waals surface area contributed by atoms with Gasteiger partial charge >= 0.3 is 5.97 Å². The summed E-state index contributed by atoms with van der Waals surface area (Å²) in [4.78, 5) is 23.1. The molecule has 0 saturated carbocycles. The molecular formula is C13H10F2N2O3. The summed E-state index contributed by atoms with van der Waals surface area (Å²) in [6.07, 6.45) is 1.14. The summed E-state index contributed by atoms with van der Waals surface area (Å²) in [5, 5.41) is 3.69. The Labute approximate surface area is 112 Å². The predicted molar refractivity (Wildman–Crippen MR) is 65.7 cm³/mol. The number of ether oxygens (including phenoxy) is 1. The van der Waals surface area contributed by atoms with Crippen LogP contribution in [0.4, 0.5) is 8.78 Å². The lowest BCUT2D eigenvalue weighted by Crippen LogP contribution is -2.22. The van der Waals surface area contributed by atoms with Gasteiger partial charge in [-0.05, 0) is 19.1 Å². The first-order valence-corrected chi connectivity index (χ1v) is 5.76. The van der Waals surface area contributed by atoms with Crippen LogP contribution in [0.1, 0.15) is 17.4 Å². The molecule has 0 fully saturated rings. The Bertz CT molecular complexity index is 713. The van der Waals surface area contributed by atoms with Crippen LogP contribution < -0.4 is 5.43 Å². The zero-order chi connectivity index (χ0) is 14.7. The van der Waals surface area contributed by atoms with Crippen LogP contribution in [0.15, 0.2) is 35.3 Å². The van der Waals surface area contributed by atoms with Crippen LogP contribution >= 0.6 is 0 Å². The van der Waals surface area contributed by atoms with E-state index < -0.39 is 28.7 Å². The normalized spacial score (nSPS) is 10.3. The van der Waals surface area contributed by atoms with E-state index in [1.165, 1.54) is 12.1 Å². The lowest BCUT2D eigenvalue weighted by Gasteiger charge is -2.08. The molecule has 0 atom stereocenters. The Kier molecular flexibility index (Phi) is 3.88. The maximum absolute atomic E-state index is 13.6. The molecule has 0 spiro atoms. The molecule has 2 rings (SSSR count). The molecule has 7 heteroatoms. The number of benzene rings is 1. The van der Waals surface area contributed by atoms with Crippen molar-refractivity contribution in [3.63, 3.8) is 0 Å². The highest BCUT2D eigenvalue weighted by Gasteiger charge is 2.16. The fraction of sp³-hybridized carbons (Fsp3) is 0.154. The van der Waals surface area contributed by atoms with Gasteiger partial charge in [0.1, 0.15) is 5.69 Å². The van der Waals surface area contributed by atoms with Crippen LogP contribution in [0.3, 0.4) is 0 Å². The molecule has 0 unspecified atom stereocenters. The van der Waals surface area contributed by atoms with Crippen molar-refractivity contribution < 1.29 is 18.3 Å². The van der Waals surface area contributed by atoms with Crippen molar-refractivity contribution in [1.82, 2.24) is 9.78 Å². The molecule has 1 aromatic carbocycles. The van der Waals surface area contributed by atoms with E-state index in [2.05, 4.69) is 9.84 Å². The third-order valence-corrected chi connectivity index (χ3v) is 2.46. The molecule has 1 aromatic heterocycles. The van der Waals surface area contributed by atoms with Crippen LogP contribution in [-0.4, -0.2) is 22.4 Å². The maximum atomic E-state index is 13.6. The van der Waals surface area contributed by atoms with E-state index in [-0.39, 0.29) is 12.3 Å². The summed E-state index contributed by atoms with van der Waals surface area (Å²) in [6.45, 7) is 1.65. The number of rotatable bonds is 3. The van der Waals surface area contributed by atoms with Gasteiger partial charge in [-0.15, -0.1) is 0 Å². The van der Waals surface area contributed by atoms with Gasteiger partial charge < -0.3 is 4.74 Å². The number of esters is 1. The highest BCUT2D eigenvalue weighted by atomic mass is 19.2. The minimum absolute atomic E-state index is 0.0726. The number of aromatic nitrogens is 2. The average Bonchev–Trinajstić information content (AvgIpc) is 2.43. The minimum Gasteiger partial charge on any atom is -0.461 e. The molecule has 0 bridgehead atoms. The van der Waals surface area contributed by atoms with Crippen LogP contribution in [0.5, 0.6) is 0 Å². The Morgan fingerprint density at radius 2 is 2.10 bits per heavy atom. The molecule has 1 heterocycles. The summed E-state index contributed by atoms with van der Waals surface area (Å²) in [6, 6.07) is 4.54. The second-order valence-electron chi connectivity index (χ2n) is 3.77. The molecule has 0 N–H and O–H groups in total. The van der Waals surface area contributed by atoms with Gasteiger partial charge in [-0.2, -0.15) is 5.10 Å². The van der Waals surface area contributed by atoms with E-state index in [1.807, 2.05) is 0 Å². The summed E-state index contributed by atoms with van der Waals surface area (Å²) in [5.74, 6) is -3.09. The molecule has 20 heavy (non-hydrogen) atoms. The number of carbonyl (C=O) groups excluding carboxylic acids is 1. The summed E-state index contributed by atoms with van der Waals surface area (Å²) in [5.41, 5.74) is -1.36. The fourth-order valence-electron chi connectivity index (χ4n) is 1.55. The third-order valence-electron chi connectivity index (χ3n) is 2.46. The largest absolute Gasteiger partial charge is 0.461 e. The molecule has 0 aliphatic carbocycles. The van der Waals surface area contributed by atoms with Gasteiger partial charge in [0.2, 0.25) is 11.1 Å². The van der Waals surface area contributed by atoms with Crippen molar-refractivity contribution in [2.45, 2.75) is 6.92 Å². The van der Waals surface area contributed by atoms with Gasteiger partial charge in [-0.1, -0.05) is 6.07 Å². The standard InChI is InChI=1S/C13H10F2N2O3/c1-2-20-13(19)12-10(18)6-7-17(16-12)9-5-3-4-8(14)11(9)15/h3-7H,2H2,1H3. The zero-order valence-corrected chi connectivity index (χ0v) is 10.5. The van der Waals surface area contributed by atoms with E-state index in [4.69, 9.17) is 0 Å². The smallest absolute Gasteiger partial charge is 0.362 e. The van der Waals surface area contributed by atoms with E-state index in [0.29, 0.717) is 0 Å². The molecule has 5 nitrogen and oxygen atoms in total. The Hall–Kier alpha value is -2.57. The Morgan fingerprint density at radius 1 is 1.35 bits per heavy atom. The molecule has 0 amide bonds. The van der Waals surface area contributed by atoms with Crippen molar-refractivity contribution in [2.24, 2.45) is 0 Å². The van der Waals surface area contributed by atoms with Crippen LogP contribution in [0.2, 0.25) is 0 Å². The lowest BCUT2D eigenvalue weighted by molar-refractivity contribution is 0.0515. The van der Waals surface area contributed by atoms with Gasteiger partial charge in [-0.3, -0.25) is 4.79 Å². The lowest BCUT2D eigenvalue weighted by atomic mass is 10.3. The van der Waals surface area contributed by atoms with Crippen LogP contribution in [0, 0.1) is 11.6 Å². The van der Waals surface area contributed by atoms with Crippen molar-refractivity contribution >= 4 is 5.97 Å². The van der Waals surface area contributed by atoms with Gasteiger partial charge in [0.25, 0.3) is 0 Å². The molecule has 2 aromatic rings. The highest BCUT2D eigenvalue weighted by Crippen LogP contribution is 2.14. The van der Waals surface area contributed by atoms with E-state index in [1.54, 1.807) is 6.92 Å². The first kappa shape index (κ1) is 13.9. The van der Waals surface area contributed by atoms with E-state index >= 15 is 0 Å². The molecule has 0 aliphatic heterocycles. The zero-order valence-electron chi connectivity index (χ0n) is 10.5. The molecule has 0 saturated heterocycles. The maximum Gasteiger partial charge on any atom is 0.362 e. The number of hydrogen-bond acceptors (Lipinski definition) is 4. The minimum atomic E-state index is -1.13.